The smallest absolute Gasteiger partial charge is 0.284 e. The van der Waals surface area contributed by atoms with E-state index in [1.807, 2.05) is 0 Å². The van der Waals surface area contributed by atoms with Crippen LogP contribution in [0.25, 0.3) is 0 Å². The molecule has 0 spiro atoms. The molecule has 1 aliphatic rings. The molecule has 1 heterocycles. The van der Waals surface area contributed by atoms with Crippen molar-refractivity contribution < 1.29 is 9.59 Å². The molecule has 6 heteroatoms. The number of rotatable bonds is 2. The minimum atomic E-state index is -0.385. The summed E-state index contributed by atoms with van der Waals surface area (Å²) >= 11 is 11.6. The van der Waals surface area contributed by atoms with Gasteiger partial charge in [0.05, 0.1) is 5.69 Å². The van der Waals surface area contributed by atoms with Gasteiger partial charge in [-0.3, -0.25) is 9.69 Å². The fourth-order valence-electron chi connectivity index (χ4n) is 2.17. The highest BCUT2D eigenvalue weighted by atomic mass is 35.5. The van der Waals surface area contributed by atoms with Crippen LogP contribution in [0.15, 0.2) is 48.5 Å². The van der Waals surface area contributed by atoms with Crippen LogP contribution < -0.4 is 9.80 Å². The molecule has 1 aliphatic heterocycles. The molecule has 0 aliphatic carbocycles. The number of nitrogens with zero attached hydrogens (tertiary/aromatic N) is 2. The summed E-state index contributed by atoms with van der Waals surface area (Å²) in [6.45, 7) is 0.00307. The van der Waals surface area contributed by atoms with Gasteiger partial charge in [-0.15, -0.1) is 0 Å². The Morgan fingerprint density at radius 2 is 1.24 bits per heavy atom. The lowest BCUT2D eigenvalue weighted by Gasteiger charge is -2.17. The SMILES string of the molecule is O=C1CN(c2ccc(Cl)cc2)C(=O)N1c1ccc(Cl)cc1. The van der Waals surface area contributed by atoms with Crippen LogP contribution in [-0.4, -0.2) is 18.5 Å². The van der Waals surface area contributed by atoms with E-state index in [1.54, 1.807) is 48.5 Å². The predicted molar refractivity (Wildman–Crippen MR) is 83.1 cm³/mol. The molecule has 0 aromatic heterocycles. The minimum Gasteiger partial charge on any atom is -0.284 e. The summed E-state index contributed by atoms with van der Waals surface area (Å²) in [5, 5.41) is 1.12. The zero-order valence-electron chi connectivity index (χ0n) is 10.8. The van der Waals surface area contributed by atoms with E-state index in [1.165, 1.54) is 4.90 Å². The normalized spacial score (nSPS) is 15.0. The van der Waals surface area contributed by atoms with Gasteiger partial charge in [0.1, 0.15) is 6.54 Å². The van der Waals surface area contributed by atoms with Gasteiger partial charge in [0.15, 0.2) is 0 Å². The van der Waals surface area contributed by atoms with Gasteiger partial charge in [0, 0.05) is 15.7 Å². The average molecular weight is 321 g/mol. The number of anilines is 2. The summed E-state index contributed by atoms with van der Waals surface area (Å²) in [4.78, 5) is 27.1. The quantitative estimate of drug-likeness (QED) is 0.785. The van der Waals surface area contributed by atoms with Crippen LogP contribution in [0.2, 0.25) is 10.0 Å². The number of urea groups is 1. The lowest BCUT2D eigenvalue weighted by Crippen LogP contribution is -2.32. The number of benzene rings is 2. The van der Waals surface area contributed by atoms with Gasteiger partial charge in [-0.05, 0) is 48.5 Å². The lowest BCUT2D eigenvalue weighted by molar-refractivity contribution is -0.115. The van der Waals surface area contributed by atoms with Gasteiger partial charge in [-0.25, -0.2) is 9.69 Å². The van der Waals surface area contributed by atoms with Gasteiger partial charge >= 0.3 is 6.03 Å². The average Bonchev–Trinajstić information content (AvgIpc) is 2.76. The van der Waals surface area contributed by atoms with Gasteiger partial charge in [-0.1, -0.05) is 23.2 Å². The molecule has 0 radical (unpaired) electrons. The Morgan fingerprint density at radius 1 is 0.762 bits per heavy atom. The number of halogens is 2. The number of amides is 3. The first-order valence-corrected chi connectivity index (χ1v) is 6.97. The van der Waals surface area contributed by atoms with Crippen LogP contribution in [0.1, 0.15) is 0 Å². The molecule has 1 fully saturated rings. The molecule has 0 bridgehead atoms. The Kier molecular flexibility index (Phi) is 3.57. The molecule has 0 unspecified atom stereocenters. The minimum absolute atomic E-state index is 0.00307. The molecule has 0 saturated carbocycles. The zero-order chi connectivity index (χ0) is 15.0. The summed E-state index contributed by atoms with van der Waals surface area (Å²) in [7, 11) is 0. The number of hydrogen-bond acceptors (Lipinski definition) is 2. The Labute approximate surface area is 131 Å². The monoisotopic (exact) mass is 320 g/mol. The molecule has 21 heavy (non-hydrogen) atoms. The Bertz CT molecular complexity index is 699. The molecule has 3 amide bonds. The van der Waals surface area contributed by atoms with E-state index in [2.05, 4.69) is 0 Å². The Hall–Kier alpha value is -2.04. The first-order valence-electron chi connectivity index (χ1n) is 6.22. The van der Waals surface area contributed by atoms with E-state index in [0.717, 1.165) is 4.90 Å². The third-order valence-electron chi connectivity index (χ3n) is 3.19. The van der Waals surface area contributed by atoms with Crippen molar-refractivity contribution in [2.24, 2.45) is 0 Å². The molecule has 106 valence electrons. The second kappa shape index (κ2) is 5.39. The Balaban J connectivity index is 1.92. The van der Waals surface area contributed by atoms with Crippen molar-refractivity contribution in [2.45, 2.75) is 0 Å². The van der Waals surface area contributed by atoms with E-state index in [4.69, 9.17) is 23.2 Å². The van der Waals surface area contributed by atoms with E-state index in [0.29, 0.717) is 21.4 Å². The molecule has 0 N–H and O–H groups in total. The summed E-state index contributed by atoms with van der Waals surface area (Å²) in [6.07, 6.45) is 0. The third kappa shape index (κ3) is 2.60. The standard InChI is InChI=1S/C15H10Cl2N2O2/c16-10-1-5-12(6-2-10)18-9-14(20)19(15(18)21)13-7-3-11(17)4-8-13/h1-8H,9H2. The van der Waals surface area contributed by atoms with Crippen LogP contribution in [0, 0.1) is 0 Å². The fraction of sp³-hybridized carbons (Fsp3) is 0.0667. The molecule has 3 rings (SSSR count). The van der Waals surface area contributed by atoms with Crippen molar-refractivity contribution in [3.63, 3.8) is 0 Å². The van der Waals surface area contributed by atoms with Crippen LogP contribution in [-0.2, 0) is 4.79 Å². The van der Waals surface area contributed by atoms with Crippen LogP contribution in [0.5, 0.6) is 0 Å². The molecule has 1 saturated heterocycles. The van der Waals surface area contributed by atoms with Crippen molar-refractivity contribution >= 4 is 46.5 Å². The molecule has 2 aromatic carbocycles. The maximum atomic E-state index is 12.5. The van der Waals surface area contributed by atoms with Crippen molar-refractivity contribution in [1.82, 2.24) is 0 Å². The van der Waals surface area contributed by atoms with E-state index in [9.17, 15) is 9.59 Å². The second-order valence-electron chi connectivity index (χ2n) is 4.55. The molecule has 2 aromatic rings. The molecular weight excluding hydrogens is 311 g/mol. The zero-order valence-corrected chi connectivity index (χ0v) is 12.3. The number of carbonyl (C=O) groups excluding carboxylic acids is 2. The van der Waals surface area contributed by atoms with Gasteiger partial charge in [-0.2, -0.15) is 0 Å². The summed E-state index contributed by atoms with van der Waals surface area (Å²) in [5.41, 5.74) is 1.14. The highest BCUT2D eigenvalue weighted by Crippen LogP contribution is 2.27. The first-order chi connectivity index (χ1) is 10.1. The van der Waals surface area contributed by atoms with Gasteiger partial charge < -0.3 is 0 Å². The Morgan fingerprint density at radius 3 is 1.76 bits per heavy atom. The third-order valence-corrected chi connectivity index (χ3v) is 3.69. The van der Waals surface area contributed by atoms with Gasteiger partial charge in [0.25, 0.3) is 5.91 Å². The van der Waals surface area contributed by atoms with Crippen LogP contribution in [0.4, 0.5) is 16.2 Å². The maximum Gasteiger partial charge on any atom is 0.336 e. The van der Waals surface area contributed by atoms with Crippen LogP contribution in [0.3, 0.4) is 0 Å². The fourth-order valence-corrected chi connectivity index (χ4v) is 2.42. The van der Waals surface area contributed by atoms with Crippen LogP contribution >= 0.6 is 23.2 Å². The maximum absolute atomic E-state index is 12.5. The van der Waals surface area contributed by atoms with E-state index >= 15 is 0 Å². The number of imide groups is 1. The van der Waals surface area contributed by atoms with Crippen molar-refractivity contribution in [1.29, 1.82) is 0 Å². The van der Waals surface area contributed by atoms with Crippen molar-refractivity contribution in [3.8, 4) is 0 Å². The van der Waals surface area contributed by atoms with E-state index < -0.39 is 0 Å². The van der Waals surface area contributed by atoms with E-state index in [-0.39, 0.29) is 18.5 Å². The van der Waals surface area contributed by atoms with Crippen molar-refractivity contribution in [2.75, 3.05) is 16.3 Å². The summed E-state index contributed by atoms with van der Waals surface area (Å²) < 4.78 is 0. The summed E-state index contributed by atoms with van der Waals surface area (Å²) in [6, 6.07) is 13.0. The topological polar surface area (TPSA) is 40.6 Å². The highest BCUT2D eigenvalue weighted by Gasteiger charge is 2.37. The predicted octanol–water partition coefficient (Wildman–Crippen LogP) is 3.97. The molecule has 4 nitrogen and oxygen atoms in total. The largest absolute Gasteiger partial charge is 0.336 e. The van der Waals surface area contributed by atoms with Gasteiger partial charge in [0.2, 0.25) is 0 Å². The second-order valence-corrected chi connectivity index (χ2v) is 5.42. The number of hydrogen-bond donors (Lipinski definition) is 0. The van der Waals surface area contributed by atoms with Crippen molar-refractivity contribution in [3.05, 3.63) is 58.6 Å². The molecule has 0 atom stereocenters. The number of carbonyl (C=O) groups is 2. The highest BCUT2D eigenvalue weighted by molar-refractivity contribution is 6.31. The lowest BCUT2D eigenvalue weighted by atomic mass is 10.3. The summed E-state index contributed by atoms with van der Waals surface area (Å²) in [5.74, 6) is -0.280. The first kappa shape index (κ1) is 13.9. The molecular formula is C15H10Cl2N2O2.